The van der Waals surface area contributed by atoms with E-state index in [4.69, 9.17) is 0 Å². The minimum atomic E-state index is -0.0550. The molecule has 13 heavy (non-hydrogen) atoms. The number of ketones is 1. The van der Waals surface area contributed by atoms with Crippen LogP contribution in [0.4, 0.5) is 0 Å². The quantitative estimate of drug-likeness (QED) is 0.636. The summed E-state index contributed by atoms with van der Waals surface area (Å²) in [7, 11) is 0. The molecule has 0 aromatic rings. The Morgan fingerprint density at radius 3 is 2.77 bits per heavy atom. The van der Waals surface area contributed by atoms with Crippen LogP contribution in [0.25, 0.3) is 0 Å². The Morgan fingerprint density at radius 2 is 2.15 bits per heavy atom. The molecule has 0 bridgehead atoms. The van der Waals surface area contributed by atoms with Gasteiger partial charge >= 0.3 is 0 Å². The lowest BCUT2D eigenvalue weighted by molar-refractivity contribution is -0.117. The zero-order chi connectivity index (χ0) is 9.10. The summed E-state index contributed by atoms with van der Waals surface area (Å²) in [5, 5.41) is -0.0550. The van der Waals surface area contributed by atoms with E-state index in [1.54, 1.807) is 11.8 Å². The lowest BCUT2D eigenvalue weighted by Gasteiger charge is -2.02. The summed E-state index contributed by atoms with van der Waals surface area (Å²) in [4.78, 5) is 15.6. The van der Waals surface area contributed by atoms with Crippen molar-refractivity contribution in [3.63, 3.8) is 0 Å². The highest BCUT2D eigenvalue weighted by Crippen LogP contribution is 2.26. The number of carbonyl (C=O) groups is 1. The maximum atomic E-state index is 11.2. The average molecular weight is 197 g/mol. The predicted molar refractivity (Wildman–Crippen MR) is 56.3 cm³/mol. The molecule has 0 N–H and O–H groups in total. The molecule has 0 aromatic carbocycles. The van der Waals surface area contributed by atoms with Crippen LogP contribution in [0.5, 0.6) is 0 Å². The Kier molecular flexibility index (Phi) is 3.04. The monoisotopic (exact) mass is 197 g/mol. The largest absolute Gasteiger partial charge is 0.296 e. The van der Waals surface area contributed by atoms with E-state index in [1.807, 2.05) is 6.21 Å². The SMILES string of the molecule is O=C1CCSC1N=CC1CCCC1. The van der Waals surface area contributed by atoms with E-state index in [-0.39, 0.29) is 5.37 Å². The molecule has 0 radical (unpaired) electrons. The smallest absolute Gasteiger partial charge is 0.168 e. The number of hydrogen-bond donors (Lipinski definition) is 0. The van der Waals surface area contributed by atoms with Crippen LogP contribution in [0.15, 0.2) is 4.99 Å². The molecule has 0 spiro atoms. The second-order valence-electron chi connectivity index (χ2n) is 3.78. The Labute approximate surface area is 83.2 Å². The molecule has 1 atom stereocenters. The zero-order valence-electron chi connectivity index (χ0n) is 7.74. The molecule has 0 aromatic heterocycles. The molecule has 0 amide bonds. The van der Waals surface area contributed by atoms with E-state index in [0.717, 1.165) is 12.2 Å². The summed E-state index contributed by atoms with van der Waals surface area (Å²) in [6.45, 7) is 0. The molecule has 2 nitrogen and oxygen atoms in total. The summed E-state index contributed by atoms with van der Waals surface area (Å²) < 4.78 is 0. The number of carbonyl (C=O) groups excluding carboxylic acids is 1. The number of aliphatic imine (C=N–C) groups is 1. The van der Waals surface area contributed by atoms with Crippen LogP contribution in [-0.2, 0) is 4.79 Å². The van der Waals surface area contributed by atoms with Gasteiger partial charge < -0.3 is 0 Å². The average Bonchev–Trinajstić information content (AvgIpc) is 2.72. The third-order valence-electron chi connectivity index (χ3n) is 2.73. The molecule has 2 fully saturated rings. The Balaban J connectivity index is 1.85. The highest BCUT2D eigenvalue weighted by atomic mass is 32.2. The minimum Gasteiger partial charge on any atom is -0.296 e. The number of hydrogen-bond acceptors (Lipinski definition) is 3. The van der Waals surface area contributed by atoms with Crippen molar-refractivity contribution in [3.05, 3.63) is 0 Å². The van der Waals surface area contributed by atoms with Gasteiger partial charge in [-0.2, -0.15) is 0 Å². The molecular formula is C10H15NOS. The van der Waals surface area contributed by atoms with Crippen molar-refractivity contribution < 1.29 is 4.79 Å². The van der Waals surface area contributed by atoms with Gasteiger partial charge in [0, 0.05) is 18.4 Å². The van der Waals surface area contributed by atoms with Crippen LogP contribution in [0.2, 0.25) is 0 Å². The van der Waals surface area contributed by atoms with Crippen LogP contribution < -0.4 is 0 Å². The molecule has 3 heteroatoms. The van der Waals surface area contributed by atoms with Gasteiger partial charge in [-0.15, -0.1) is 11.8 Å². The fourth-order valence-corrected chi connectivity index (χ4v) is 2.92. The molecular weight excluding hydrogens is 182 g/mol. The first kappa shape index (κ1) is 9.25. The topological polar surface area (TPSA) is 29.4 Å². The van der Waals surface area contributed by atoms with Gasteiger partial charge in [-0.25, -0.2) is 0 Å². The summed E-state index contributed by atoms with van der Waals surface area (Å²) in [5.41, 5.74) is 0. The second kappa shape index (κ2) is 4.27. The van der Waals surface area contributed by atoms with Crippen molar-refractivity contribution in [2.24, 2.45) is 10.9 Å². The van der Waals surface area contributed by atoms with E-state index in [1.165, 1.54) is 25.7 Å². The predicted octanol–water partition coefficient (Wildman–Crippen LogP) is 2.28. The van der Waals surface area contributed by atoms with E-state index in [0.29, 0.717) is 11.7 Å². The molecule has 1 saturated heterocycles. The Morgan fingerprint density at radius 1 is 1.38 bits per heavy atom. The lowest BCUT2D eigenvalue weighted by atomic mass is 10.1. The van der Waals surface area contributed by atoms with Gasteiger partial charge in [0.05, 0.1) is 0 Å². The third kappa shape index (κ3) is 2.33. The third-order valence-corrected chi connectivity index (χ3v) is 3.87. The Bertz CT molecular complexity index is 221. The van der Waals surface area contributed by atoms with Gasteiger partial charge in [0.15, 0.2) is 11.2 Å². The van der Waals surface area contributed by atoms with Crippen LogP contribution in [0, 0.1) is 5.92 Å². The zero-order valence-corrected chi connectivity index (χ0v) is 8.55. The van der Waals surface area contributed by atoms with E-state index in [9.17, 15) is 4.79 Å². The lowest BCUT2D eigenvalue weighted by Crippen LogP contribution is -2.08. The fourth-order valence-electron chi connectivity index (χ4n) is 1.92. The highest BCUT2D eigenvalue weighted by Gasteiger charge is 2.24. The fraction of sp³-hybridized carbons (Fsp3) is 0.800. The molecule has 2 rings (SSSR count). The molecule has 1 aliphatic heterocycles. The molecule has 1 heterocycles. The van der Waals surface area contributed by atoms with Crippen LogP contribution in [0.1, 0.15) is 32.1 Å². The normalized spacial score (nSPS) is 30.8. The van der Waals surface area contributed by atoms with Crippen molar-refractivity contribution in [2.45, 2.75) is 37.5 Å². The van der Waals surface area contributed by atoms with Crippen molar-refractivity contribution >= 4 is 23.8 Å². The number of Topliss-reactive ketones (excluding diaryl/α,β-unsaturated/α-hetero) is 1. The minimum absolute atomic E-state index is 0.0550. The van der Waals surface area contributed by atoms with E-state index >= 15 is 0 Å². The van der Waals surface area contributed by atoms with Gasteiger partial charge in [0.25, 0.3) is 0 Å². The van der Waals surface area contributed by atoms with Crippen molar-refractivity contribution in [3.8, 4) is 0 Å². The summed E-state index contributed by atoms with van der Waals surface area (Å²) in [6.07, 6.45) is 7.97. The second-order valence-corrected chi connectivity index (χ2v) is 4.97. The first-order valence-electron chi connectivity index (χ1n) is 5.04. The van der Waals surface area contributed by atoms with Crippen LogP contribution in [0.3, 0.4) is 0 Å². The van der Waals surface area contributed by atoms with Crippen molar-refractivity contribution in [2.75, 3.05) is 5.75 Å². The summed E-state index contributed by atoms with van der Waals surface area (Å²) >= 11 is 1.69. The van der Waals surface area contributed by atoms with Crippen molar-refractivity contribution in [1.82, 2.24) is 0 Å². The summed E-state index contributed by atoms with van der Waals surface area (Å²) in [5.74, 6) is 1.94. The molecule has 1 saturated carbocycles. The Hall–Kier alpha value is -0.310. The standard InChI is InChI=1S/C10H15NOS/c12-9-5-6-13-10(9)11-7-8-3-1-2-4-8/h7-8,10H,1-6H2. The molecule has 1 aliphatic carbocycles. The molecule has 72 valence electrons. The van der Waals surface area contributed by atoms with Crippen molar-refractivity contribution in [1.29, 1.82) is 0 Å². The van der Waals surface area contributed by atoms with E-state index < -0.39 is 0 Å². The molecule has 2 aliphatic rings. The van der Waals surface area contributed by atoms with Crippen LogP contribution >= 0.6 is 11.8 Å². The number of thioether (sulfide) groups is 1. The first-order valence-corrected chi connectivity index (χ1v) is 6.09. The van der Waals surface area contributed by atoms with Gasteiger partial charge in [-0.3, -0.25) is 9.79 Å². The van der Waals surface area contributed by atoms with Crippen LogP contribution in [-0.4, -0.2) is 23.1 Å². The maximum Gasteiger partial charge on any atom is 0.168 e. The number of nitrogens with zero attached hydrogens (tertiary/aromatic N) is 1. The summed E-state index contributed by atoms with van der Waals surface area (Å²) in [6, 6.07) is 0. The van der Waals surface area contributed by atoms with E-state index in [2.05, 4.69) is 4.99 Å². The molecule has 1 unspecified atom stereocenters. The van der Waals surface area contributed by atoms with Gasteiger partial charge in [-0.1, -0.05) is 12.8 Å². The maximum absolute atomic E-state index is 11.2. The van der Waals surface area contributed by atoms with Gasteiger partial charge in [0.1, 0.15) is 0 Å². The highest BCUT2D eigenvalue weighted by molar-refractivity contribution is 8.01. The number of rotatable bonds is 2. The van der Waals surface area contributed by atoms with Gasteiger partial charge in [-0.05, 0) is 18.8 Å². The van der Waals surface area contributed by atoms with Gasteiger partial charge in [0.2, 0.25) is 0 Å². The first-order chi connectivity index (χ1) is 6.36.